The van der Waals surface area contributed by atoms with Crippen molar-refractivity contribution in [3.63, 3.8) is 0 Å². The molecule has 0 bridgehead atoms. The van der Waals surface area contributed by atoms with Gasteiger partial charge in [0.2, 0.25) is 0 Å². The van der Waals surface area contributed by atoms with Crippen molar-refractivity contribution in [3.05, 3.63) is 35.5 Å². The van der Waals surface area contributed by atoms with E-state index < -0.39 is 9.84 Å². The summed E-state index contributed by atoms with van der Waals surface area (Å²) >= 11 is 0. The van der Waals surface area contributed by atoms with Crippen LogP contribution in [0.25, 0.3) is 0 Å². The second kappa shape index (κ2) is 8.20. The van der Waals surface area contributed by atoms with E-state index in [4.69, 9.17) is 0 Å². The van der Waals surface area contributed by atoms with Crippen molar-refractivity contribution in [2.45, 2.75) is 44.6 Å². The minimum absolute atomic E-state index is 0.0796. The molecule has 1 unspecified atom stereocenters. The predicted octanol–water partition coefficient (Wildman–Crippen LogP) is 2.33. The maximum Gasteiger partial charge on any atom is 0.251 e. The van der Waals surface area contributed by atoms with Gasteiger partial charge in [-0.25, -0.2) is 13.4 Å². The van der Waals surface area contributed by atoms with Crippen molar-refractivity contribution in [3.8, 4) is 0 Å². The first-order valence-corrected chi connectivity index (χ1v) is 11.1. The van der Waals surface area contributed by atoms with Crippen LogP contribution in [0.2, 0.25) is 0 Å². The van der Waals surface area contributed by atoms with Crippen molar-refractivity contribution < 1.29 is 13.2 Å². The zero-order valence-corrected chi connectivity index (χ0v) is 16.1. The Morgan fingerprint density at radius 1 is 1.38 bits per heavy atom. The van der Waals surface area contributed by atoms with Crippen LogP contribution < -0.4 is 10.2 Å². The Morgan fingerprint density at radius 2 is 2.23 bits per heavy atom. The van der Waals surface area contributed by atoms with E-state index in [1.807, 2.05) is 11.9 Å². The third-order valence-electron chi connectivity index (χ3n) is 5.24. The standard InChI is InChI=1S/C19H27N3O3S/c1-22(17-9-12-26(24,25)14-17)18-13-16(8-11-20-18)19(23)21-10-7-15-5-3-2-4-6-15/h5,8,11,13,17H,2-4,6-7,9-10,12,14H2,1H3,(H,21,23). The Morgan fingerprint density at radius 3 is 2.92 bits per heavy atom. The van der Waals surface area contributed by atoms with Crippen molar-refractivity contribution >= 4 is 21.6 Å². The quantitative estimate of drug-likeness (QED) is 0.770. The van der Waals surface area contributed by atoms with Gasteiger partial charge in [-0.3, -0.25) is 4.79 Å². The summed E-state index contributed by atoms with van der Waals surface area (Å²) < 4.78 is 23.4. The predicted molar refractivity (Wildman–Crippen MR) is 103 cm³/mol. The lowest BCUT2D eigenvalue weighted by Crippen LogP contribution is -2.33. The van der Waals surface area contributed by atoms with Gasteiger partial charge in [0.15, 0.2) is 9.84 Å². The second-order valence-corrected chi connectivity index (χ2v) is 9.41. The van der Waals surface area contributed by atoms with Crippen LogP contribution in [0, 0.1) is 0 Å². The van der Waals surface area contributed by atoms with Crippen LogP contribution in [0.5, 0.6) is 0 Å². The highest BCUT2D eigenvalue weighted by molar-refractivity contribution is 7.91. The lowest BCUT2D eigenvalue weighted by Gasteiger charge is -2.24. The monoisotopic (exact) mass is 377 g/mol. The largest absolute Gasteiger partial charge is 0.356 e. The number of carbonyl (C=O) groups is 1. The zero-order valence-electron chi connectivity index (χ0n) is 15.3. The number of pyridine rings is 1. The molecule has 0 saturated carbocycles. The molecule has 7 heteroatoms. The number of anilines is 1. The van der Waals surface area contributed by atoms with E-state index >= 15 is 0 Å². The van der Waals surface area contributed by atoms with E-state index in [0.717, 1.165) is 19.3 Å². The number of rotatable bonds is 6. The van der Waals surface area contributed by atoms with Gasteiger partial charge in [0.05, 0.1) is 11.5 Å². The molecule has 1 fully saturated rings. The number of hydrogen-bond donors (Lipinski definition) is 1. The van der Waals surface area contributed by atoms with Crippen LogP contribution in [0.3, 0.4) is 0 Å². The van der Waals surface area contributed by atoms with Gasteiger partial charge in [-0.05, 0) is 50.7 Å². The summed E-state index contributed by atoms with van der Waals surface area (Å²) in [6.07, 6.45) is 10.2. The normalized spacial score (nSPS) is 21.9. The summed E-state index contributed by atoms with van der Waals surface area (Å²) in [6, 6.07) is 3.35. The number of aromatic nitrogens is 1. The molecular weight excluding hydrogens is 350 g/mol. The van der Waals surface area contributed by atoms with E-state index in [2.05, 4.69) is 16.4 Å². The molecule has 1 aliphatic heterocycles. The Labute approximate surface area is 155 Å². The zero-order chi connectivity index (χ0) is 18.6. The van der Waals surface area contributed by atoms with Crippen molar-refractivity contribution in [2.75, 3.05) is 30.0 Å². The van der Waals surface area contributed by atoms with E-state index in [1.165, 1.54) is 18.4 Å². The van der Waals surface area contributed by atoms with Crippen LogP contribution in [0.4, 0.5) is 5.82 Å². The van der Waals surface area contributed by atoms with Gasteiger partial charge in [0, 0.05) is 31.4 Å². The van der Waals surface area contributed by atoms with Crippen LogP contribution in [0.1, 0.15) is 48.9 Å². The molecule has 1 atom stereocenters. The van der Waals surface area contributed by atoms with Gasteiger partial charge in [0.1, 0.15) is 5.82 Å². The Balaban J connectivity index is 1.57. The smallest absolute Gasteiger partial charge is 0.251 e. The fourth-order valence-corrected chi connectivity index (χ4v) is 5.37. The van der Waals surface area contributed by atoms with Crippen molar-refractivity contribution in [1.29, 1.82) is 0 Å². The minimum Gasteiger partial charge on any atom is -0.356 e. The topological polar surface area (TPSA) is 79.4 Å². The maximum atomic E-state index is 12.4. The van der Waals surface area contributed by atoms with E-state index in [0.29, 0.717) is 24.3 Å². The molecular formula is C19H27N3O3S. The lowest BCUT2D eigenvalue weighted by molar-refractivity contribution is 0.0954. The summed E-state index contributed by atoms with van der Waals surface area (Å²) in [4.78, 5) is 18.6. The molecule has 1 saturated heterocycles. The second-order valence-electron chi connectivity index (χ2n) is 7.18. The highest BCUT2D eigenvalue weighted by Gasteiger charge is 2.31. The summed E-state index contributed by atoms with van der Waals surface area (Å²) in [5.41, 5.74) is 1.99. The molecule has 1 N–H and O–H groups in total. The highest BCUT2D eigenvalue weighted by atomic mass is 32.2. The summed E-state index contributed by atoms with van der Waals surface area (Å²) in [7, 11) is -1.11. The van der Waals surface area contributed by atoms with Crippen molar-refractivity contribution in [1.82, 2.24) is 10.3 Å². The first-order valence-electron chi connectivity index (χ1n) is 9.30. The van der Waals surface area contributed by atoms with Crippen molar-refractivity contribution in [2.24, 2.45) is 0 Å². The Hall–Kier alpha value is -1.89. The number of hydrogen-bond acceptors (Lipinski definition) is 5. The molecule has 1 aromatic heterocycles. The minimum atomic E-state index is -2.95. The lowest BCUT2D eigenvalue weighted by atomic mass is 9.97. The SMILES string of the molecule is CN(c1cc(C(=O)NCCC2=CCCCC2)ccn1)C1CCS(=O)(=O)C1. The van der Waals surface area contributed by atoms with E-state index in [-0.39, 0.29) is 23.5 Å². The number of carbonyl (C=O) groups excluding carboxylic acids is 1. The van der Waals surface area contributed by atoms with Gasteiger partial charge in [-0.1, -0.05) is 11.6 Å². The third-order valence-corrected chi connectivity index (χ3v) is 6.99. The van der Waals surface area contributed by atoms with Gasteiger partial charge in [0.25, 0.3) is 5.91 Å². The van der Waals surface area contributed by atoms with E-state index in [9.17, 15) is 13.2 Å². The molecule has 3 rings (SSSR count). The average Bonchev–Trinajstić information content (AvgIpc) is 3.02. The molecule has 1 aromatic rings. The third kappa shape index (κ3) is 4.84. The molecule has 2 heterocycles. The summed E-state index contributed by atoms with van der Waals surface area (Å²) in [6.45, 7) is 0.638. The van der Waals surface area contributed by atoms with Gasteiger partial charge >= 0.3 is 0 Å². The van der Waals surface area contributed by atoms with Crippen LogP contribution in [0.15, 0.2) is 30.0 Å². The molecule has 1 aliphatic carbocycles. The molecule has 0 radical (unpaired) electrons. The summed E-state index contributed by atoms with van der Waals surface area (Å²) in [5.74, 6) is 0.890. The van der Waals surface area contributed by atoms with Gasteiger partial charge in [-0.15, -0.1) is 0 Å². The fraction of sp³-hybridized carbons (Fsp3) is 0.579. The number of sulfone groups is 1. The van der Waals surface area contributed by atoms with E-state index in [1.54, 1.807) is 18.3 Å². The van der Waals surface area contributed by atoms with Gasteiger partial charge in [-0.2, -0.15) is 0 Å². The highest BCUT2D eigenvalue weighted by Crippen LogP contribution is 2.22. The molecule has 2 aliphatic rings. The molecule has 0 spiro atoms. The van der Waals surface area contributed by atoms with Crippen LogP contribution in [-0.2, 0) is 9.84 Å². The Bertz CT molecular complexity index is 789. The molecule has 142 valence electrons. The maximum absolute atomic E-state index is 12.4. The summed E-state index contributed by atoms with van der Waals surface area (Å²) in [5, 5.41) is 2.97. The number of nitrogens with one attached hydrogen (secondary N) is 1. The number of nitrogens with zero attached hydrogens (tertiary/aromatic N) is 2. The van der Waals surface area contributed by atoms with Gasteiger partial charge < -0.3 is 10.2 Å². The first kappa shape index (κ1) is 18.9. The van der Waals surface area contributed by atoms with Crippen LogP contribution >= 0.6 is 0 Å². The average molecular weight is 378 g/mol. The van der Waals surface area contributed by atoms with Crippen LogP contribution in [-0.4, -0.2) is 50.4 Å². The number of amides is 1. The molecule has 1 amide bonds. The first-order chi connectivity index (χ1) is 12.4. The Kier molecular flexibility index (Phi) is 5.96. The molecule has 6 nitrogen and oxygen atoms in total. The number of allylic oxidation sites excluding steroid dienone is 1. The molecule has 0 aromatic carbocycles. The fourth-order valence-electron chi connectivity index (χ4n) is 3.59. The molecule has 26 heavy (non-hydrogen) atoms.